The van der Waals surface area contributed by atoms with E-state index in [9.17, 15) is 18.3 Å². The van der Waals surface area contributed by atoms with Gasteiger partial charge >= 0.3 is 12.0 Å². The molecule has 1 aliphatic rings. The van der Waals surface area contributed by atoms with Crippen molar-refractivity contribution in [1.29, 1.82) is 0 Å². The molecule has 1 aliphatic heterocycles. The zero-order valence-electron chi connectivity index (χ0n) is 14.6. The molecule has 144 valence electrons. The molecule has 1 unspecified atom stereocenters. The molecule has 5 nitrogen and oxygen atoms in total. The highest BCUT2D eigenvalue weighted by Crippen LogP contribution is 2.38. The van der Waals surface area contributed by atoms with Crippen LogP contribution in [0, 0.1) is 0 Å². The van der Waals surface area contributed by atoms with E-state index in [1.165, 1.54) is 0 Å². The maximum Gasteiger partial charge on any atom is 0.458 e. The molecule has 2 aromatic rings. The maximum atomic E-state index is 12.8. The molecule has 8 heteroatoms. The fraction of sp³-hybridized carbons (Fsp3) is 0.316. The molecule has 0 aliphatic carbocycles. The van der Waals surface area contributed by atoms with E-state index in [4.69, 9.17) is 4.74 Å². The Balaban J connectivity index is 1.53. The first-order valence-corrected chi connectivity index (χ1v) is 8.28. The molecule has 0 bridgehead atoms. The molecular weight excluding hydrogens is 361 g/mol. The lowest BCUT2D eigenvalue weighted by molar-refractivity contribution is -0.355. The van der Waals surface area contributed by atoms with Gasteiger partial charge in [0.15, 0.2) is 0 Å². The lowest BCUT2D eigenvalue weighted by Gasteiger charge is -2.22. The topological polar surface area (TPSA) is 63.1 Å². The number of aliphatic hydroxyl groups is 1. The second-order valence-electron chi connectivity index (χ2n) is 6.24. The number of halogens is 3. The van der Waals surface area contributed by atoms with Gasteiger partial charge in [-0.15, -0.1) is 0 Å². The van der Waals surface area contributed by atoms with Crippen LogP contribution >= 0.6 is 0 Å². The highest BCUT2D eigenvalue weighted by Gasteiger charge is 2.60. The molecular formula is C19H19F3N2O3. The van der Waals surface area contributed by atoms with Gasteiger partial charge in [-0.1, -0.05) is 41.6 Å². The fourth-order valence-electron chi connectivity index (χ4n) is 2.64. The second kappa shape index (κ2) is 7.58. The summed E-state index contributed by atoms with van der Waals surface area (Å²) in [7, 11) is 1.61. The van der Waals surface area contributed by atoms with E-state index in [1.807, 2.05) is 24.3 Å². The van der Waals surface area contributed by atoms with E-state index >= 15 is 0 Å². The molecule has 2 aromatic carbocycles. The van der Waals surface area contributed by atoms with Gasteiger partial charge in [-0.05, 0) is 28.8 Å². The number of ether oxygens (including phenoxy) is 1. The summed E-state index contributed by atoms with van der Waals surface area (Å²) in [5, 5.41) is 16.2. The van der Waals surface area contributed by atoms with Crippen LogP contribution in [0.4, 0.5) is 13.2 Å². The summed E-state index contributed by atoms with van der Waals surface area (Å²) in [6.45, 7) is 1.27. The summed E-state index contributed by atoms with van der Waals surface area (Å²) in [6, 6.07) is 14.6. The van der Waals surface area contributed by atoms with E-state index in [1.54, 1.807) is 31.4 Å². The van der Waals surface area contributed by atoms with Crippen LogP contribution in [0.5, 0.6) is 5.75 Å². The van der Waals surface area contributed by atoms with Crippen LogP contribution in [-0.2, 0) is 17.9 Å². The van der Waals surface area contributed by atoms with E-state index in [0.29, 0.717) is 18.7 Å². The van der Waals surface area contributed by atoms with Gasteiger partial charge in [0.1, 0.15) is 5.75 Å². The number of oxime groups is 1. The van der Waals surface area contributed by atoms with Gasteiger partial charge in [-0.3, -0.25) is 0 Å². The van der Waals surface area contributed by atoms with Gasteiger partial charge in [-0.2, -0.15) is 13.2 Å². The molecule has 0 saturated heterocycles. The quantitative estimate of drug-likeness (QED) is 0.807. The summed E-state index contributed by atoms with van der Waals surface area (Å²) >= 11 is 0. The number of hydrogen-bond donors (Lipinski definition) is 2. The molecule has 3 rings (SSSR count). The van der Waals surface area contributed by atoms with Crippen molar-refractivity contribution < 1.29 is 27.9 Å². The molecule has 0 radical (unpaired) electrons. The molecule has 0 amide bonds. The Bertz CT molecular complexity index is 804. The first-order valence-electron chi connectivity index (χ1n) is 8.28. The maximum absolute atomic E-state index is 12.8. The van der Waals surface area contributed by atoms with Crippen molar-refractivity contribution in [1.82, 2.24) is 5.32 Å². The normalized spacial score (nSPS) is 19.5. The zero-order valence-corrected chi connectivity index (χ0v) is 14.6. The van der Waals surface area contributed by atoms with Crippen LogP contribution in [0.1, 0.15) is 23.1 Å². The molecule has 0 spiro atoms. The Morgan fingerprint density at radius 1 is 1.07 bits per heavy atom. The van der Waals surface area contributed by atoms with Crippen LogP contribution in [0.15, 0.2) is 53.7 Å². The average Bonchev–Trinajstić information content (AvgIpc) is 3.06. The monoisotopic (exact) mass is 380 g/mol. The van der Waals surface area contributed by atoms with Crippen molar-refractivity contribution in [2.24, 2.45) is 5.16 Å². The highest BCUT2D eigenvalue weighted by atomic mass is 19.4. The molecule has 0 fully saturated rings. The van der Waals surface area contributed by atoms with Crippen LogP contribution in [0.3, 0.4) is 0 Å². The van der Waals surface area contributed by atoms with Gasteiger partial charge in [-0.25, -0.2) is 0 Å². The van der Waals surface area contributed by atoms with Crippen LogP contribution < -0.4 is 10.1 Å². The Kier molecular flexibility index (Phi) is 5.38. The van der Waals surface area contributed by atoms with Crippen LogP contribution in [-0.4, -0.2) is 29.9 Å². The molecule has 27 heavy (non-hydrogen) atoms. The third-order valence-corrected chi connectivity index (χ3v) is 4.26. The Morgan fingerprint density at radius 3 is 2.11 bits per heavy atom. The first-order chi connectivity index (χ1) is 12.8. The third-order valence-electron chi connectivity index (χ3n) is 4.26. The van der Waals surface area contributed by atoms with Gasteiger partial charge < -0.3 is 20.0 Å². The van der Waals surface area contributed by atoms with Gasteiger partial charge in [0, 0.05) is 13.1 Å². The summed E-state index contributed by atoms with van der Waals surface area (Å²) < 4.78 is 43.4. The number of benzene rings is 2. The predicted octanol–water partition coefficient (Wildman–Crippen LogP) is 3.36. The van der Waals surface area contributed by atoms with Crippen molar-refractivity contribution in [3.05, 3.63) is 65.2 Å². The van der Waals surface area contributed by atoms with Crippen molar-refractivity contribution >= 4 is 5.71 Å². The van der Waals surface area contributed by atoms with E-state index < -0.39 is 18.4 Å². The van der Waals surface area contributed by atoms with Gasteiger partial charge in [0.25, 0.3) is 0 Å². The molecule has 0 aromatic heterocycles. The minimum atomic E-state index is -4.90. The van der Waals surface area contributed by atoms with Crippen molar-refractivity contribution in [3.8, 4) is 5.75 Å². The summed E-state index contributed by atoms with van der Waals surface area (Å²) in [4.78, 5) is 4.23. The van der Waals surface area contributed by atoms with Crippen LogP contribution in [0.25, 0.3) is 0 Å². The minimum absolute atomic E-state index is 0.0626. The number of alkyl halides is 3. The number of hydrogen-bond acceptors (Lipinski definition) is 5. The number of methoxy groups -OCH3 is 1. The standard InChI is InChI=1S/C19H19F3N2O3/c1-26-16-8-4-14(5-9-16)12-23-11-13-2-6-15(7-3-13)17-10-18(25,27-24-17)19(20,21)22/h2-9,23,25H,10-12H2,1H3. The van der Waals surface area contributed by atoms with Crippen LogP contribution in [0.2, 0.25) is 0 Å². The van der Waals surface area contributed by atoms with Crippen molar-refractivity contribution in [2.75, 3.05) is 7.11 Å². The lowest BCUT2D eigenvalue weighted by Crippen LogP contribution is -2.45. The van der Waals surface area contributed by atoms with Gasteiger partial charge in [0.05, 0.1) is 19.2 Å². The highest BCUT2D eigenvalue weighted by molar-refractivity contribution is 6.01. The summed E-state index contributed by atoms with van der Waals surface area (Å²) in [6.07, 6.45) is -5.63. The number of rotatable bonds is 6. The smallest absolute Gasteiger partial charge is 0.458 e. The molecule has 1 heterocycles. The number of nitrogens with zero attached hydrogens (tertiary/aromatic N) is 1. The van der Waals surface area contributed by atoms with Crippen molar-refractivity contribution in [2.45, 2.75) is 31.5 Å². The molecule has 2 N–H and O–H groups in total. The van der Waals surface area contributed by atoms with E-state index in [0.717, 1.165) is 16.9 Å². The Hall–Kier alpha value is -2.58. The predicted molar refractivity (Wildman–Crippen MR) is 93.2 cm³/mol. The third kappa shape index (κ3) is 4.40. The van der Waals surface area contributed by atoms with E-state index in [2.05, 4.69) is 15.3 Å². The Morgan fingerprint density at radius 2 is 1.63 bits per heavy atom. The largest absolute Gasteiger partial charge is 0.497 e. The summed E-state index contributed by atoms with van der Waals surface area (Å²) in [5.41, 5.74) is 2.62. The zero-order chi connectivity index (χ0) is 19.5. The first kappa shape index (κ1) is 19.2. The minimum Gasteiger partial charge on any atom is -0.497 e. The van der Waals surface area contributed by atoms with E-state index in [-0.39, 0.29) is 5.71 Å². The summed E-state index contributed by atoms with van der Waals surface area (Å²) in [5.74, 6) is -2.45. The average molecular weight is 380 g/mol. The SMILES string of the molecule is COc1ccc(CNCc2ccc(C3=NOC(O)(C(F)(F)F)C3)cc2)cc1. The number of nitrogens with one attached hydrogen (secondary N) is 1. The lowest BCUT2D eigenvalue weighted by atomic mass is 10.0. The second-order valence-corrected chi connectivity index (χ2v) is 6.24. The van der Waals surface area contributed by atoms with Crippen molar-refractivity contribution in [3.63, 3.8) is 0 Å². The molecule has 0 saturated carbocycles. The molecule has 1 atom stereocenters. The van der Waals surface area contributed by atoms with Gasteiger partial charge in [0.2, 0.25) is 0 Å². The Labute approximate surface area is 154 Å². The fourth-order valence-corrected chi connectivity index (χ4v) is 2.64.